The zero-order valence-corrected chi connectivity index (χ0v) is 9.76. The third-order valence-corrected chi connectivity index (χ3v) is 2.24. The van der Waals surface area contributed by atoms with Crippen LogP contribution in [0.2, 0.25) is 0 Å². The smallest absolute Gasteiger partial charge is 0.146 e. The molecule has 86 valence electrons. The lowest BCUT2D eigenvalue weighted by atomic mass is 10.1. The molecule has 0 bridgehead atoms. The average Bonchev–Trinajstić information content (AvgIpc) is 2.31. The van der Waals surface area contributed by atoms with Gasteiger partial charge >= 0.3 is 0 Å². The van der Waals surface area contributed by atoms with Crippen LogP contribution in [-0.2, 0) is 0 Å². The predicted octanol–water partition coefficient (Wildman–Crippen LogP) is 2.67. The third-order valence-electron chi connectivity index (χ3n) is 2.24. The fraction of sp³-hybridized carbons (Fsp3) is 0.462. The van der Waals surface area contributed by atoms with Gasteiger partial charge in [-0.3, -0.25) is 4.98 Å². The molecule has 1 rings (SSSR count). The van der Waals surface area contributed by atoms with Gasteiger partial charge in [-0.15, -0.1) is 11.8 Å². The molecule has 0 saturated carbocycles. The number of rotatable bonds is 5. The largest absolute Gasteiger partial charge is 0.308 e. The fourth-order valence-corrected chi connectivity index (χ4v) is 1.44. The Morgan fingerprint density at radius 1 is 1.56 bits per heavy atom. The van der Waals surface area contributed by atoms with Gasteiger partial charge in [-0.05, 0) is 32.0 Å². The summed E-state index contributed by atoms with van der Waals surface area (Å²) in [5, 5.41) is 3.26. The molecule has 0 saturated heterocycles. The SMILES string of the molecule is CC#CCC(NCCC)c1ncccc1F. The molecule has 0 aliphatic rings. The Balaban J connectivity index is 2.81. The first kappa shape index (κ1) is 12.7. The molecular formula is C13H17FN2. The Bertz CT molecular complexity index is 379. The Labute approximate surface area is 96.3 Å². The zero-order chi connectivity index (χ0) is 11.8. The number of nitrogens with zero attached hydrogens (tertiary/aromatic N) is 1. The molecule has 16 heavy (non-hydrogen) atoms. The van der Waals surface area contributed by atoms with Gasteiger partial charge in [0, 0.05) is 12.6 Å². The van der Waals surface area contributed by atoms with E-state index < -0.39 is 0 Å². The van der Waals surface area contributed by atoms with Crippen LogP contribution in [0, 0.1) is 17.7 Å². The zero-order valence-electron chi connectivity index (χ0n) is 9.76. The van der Waals surface area contributed by atoms with Gasteiger partial charge in [-0.2, -0.15) is 0 Å². The summed E-state index contributed by atoms with van der Waals surface area (Å²) in [6, 6.07) is 2.91. The molecule has 2 nitrogen and oxygen atoms in total. The van der Waals surface area contributed by atoms with Crippen molar-refractivity contribution in [3.63, 3.8) is 0 Å². The first-order chi connectivity index (χ1) is 7.79. The van der Waals surface area contributed by atoms with Gasteiger partial charge in [0.2, 0.25) is 0 Å². The molecule has 1 heterocycles. The van der Waals surface area contributed by atoms with Gasteiger partial charge in [0.15, 0.2) is 0 Å². The number of hydrogen-bond donors (Lipinski definition) is 1. The molecule has 3 heteroatoms. The van der Waals surface area contributed by atoms with E-state index in [0.29, 0.717) is 12.1 Å². The van der Waals surface area contributed by atoms with Crippen LogP contribution in [0.25, 0.3) is 0 Å². The van der Waals surface area contributed by atoms with E-state index in [-0.39, 0.29) is 11.9 Å². The molecule has 1 N–H and O–H groups in total. The molecule has 0 aromatic carbocycles. The molecule has 0 aliphatic carbocycles. The van der Waals surface area contributed by atoms with Crippen molar-refractivity contribution >= 4 is 0 Å². The monoisotopic (exact) mass is 220 g/mol. The van der Waals surface area contributed by atoms with Crippen LogP contribution in [0.5, 0.6) is 0 Å². The number of halogens is 1. The molecule has 0 spiro atoms. The minimum Gasteiger partial charge on any atom is -0.308 e. The molecule has 1 unspecified atom stereocenters. The van der Waals surface area contributed by atoms with Gasteiger partial charge in [0.25, 0.3) is 0 Å². The summed E-state index contributed by atoms with van der Waals surface area (Å²) in [5.41, 5.74) is 0.457. The van der Waals surface area contributed by atoms with E-state index in [9.17, 15) is 4.39 Å². The maximum absolute atomic E-state index is 13.5. The molecular weight excluding hydrogens is 203 g/mol. The second-order valence-corrected chi connectivity index (χ2v) is 3.51. The minimum absolute atomic E-state index is 0.117. The summed E-state index contributed by atoms with van der Waals surface area (Å²) >= 11 is 0. The molecule has 1 aromatic heterocycles. The quantitative estimate of drug-likeness (QED) is 0.772. The topological polar surface area (TPSA) is 24.9 Å². The lowest BCUT2D eigenvalue weighted by Gasteiger charge is -2.15. The highest BCUT2D eigenvalue weighted by atomic mass is 19.1. The lowest BCUT2D eigenvalue weighted by Crippen LogP contribution is -2.23. The normalized spacial score (nSPS) is 11.7. The van der Waals surface area contributed by atoms with Gasteiger partial charge in [-0.25, -0.2) is 4.39 Å². The van der Waals surface area contributed by atoms with Crippen LogP contribution < -0.4 is 5.32 Å². The van der Waals surface area contributed by atoms with Crippen molar-refractivity contribution < 1.29 is 4.39 Å². The summed E-state index contributed by atoms with van der Waals surface area (Å²) in [5.74, 6) is 5.52. The third kappa shape index (κ3) is 3.63. The highest BCUT2D eigenvalue weighted by molar-refractivity contribution is 5.14. The lowest BCUT2D eigenvalue weighted by molar-refractivity contribution is 0.492. The van der Waals surface area contributed by atoms with Crippen molar-refractivity contribution in [3.05, 3.63) is 29.8 Å². The van der Waals surface area contributed by atoms with E-state index in [1.807, 2.05) is 0 Å². The average molecular weight is 220 g/mol. The number of pyridine rings is 1. The fourth-order valence-electron chi connectivity index (χ4n) is 1.44. The van der Waals surface area contributed by atoms with Gasteiger partial charge in [-0.1, -0.05) is 6.92 Å². The molecule has 1 atom stereocenters. The van der Waals surface area contributed by atoms with E-state index in [1.165, 1.54) is 6.07 Å². The second-order valence-electron chi connectivity index (χ2n) is 3.51. The van der Waals surface area contributed by atoms with Gasteiger partial charge in [0.1, 0.15) is 5.82 Å². The van der Waals surface area contributed by atoms with Crippen LogP contribution in [0.1, 0.15) is 38.4 Å². The van der Waals surface area contributed by atoms with E-state index >= 15 is 0 Å². The molecule has 0 aliphatic heterocycles. The van der Waals surface area contributed by atoms with E-state index in [1.54, 1.807) is 19.2 Å². The minimum atomic E-state index is -0.269. The number of nitrogens with one attached hydrogen (secondary N) is 1. The predicted molar refractivity (Wildman–Crippen MR) is 63.3 cm³/mol. The summed E-state index contributed by atoms with van der Waals surface area (Å²) in [4.78, 5) is 4.08. The second kappa shape index (κ2) is 6.97. The highest BCUT2D eigenvalue weighted by Gasteiger charge is 2.14. The van der Waals surface area contributed by atoms with Crippen LogP contribution in [0.4, 0.5) is 4.39 Å². The van der Waals surface area contributed by atoms with Crippen LogP contribution in [-0.4, -0.2) is 11.5 Å². The van der Waals surface area contributed by atoms with Gasteiger partial charge in [0.05, 0.1) is 11.7 Å². The Morgan fingerprint density at radius 2 is 2.38 bits per heavy atom. The molecule has 0 fully saturated rings. The van der Waals surface area contributed by atoms with Crippen molar-refractivity contribution in [2.45, 2.75) is 32.7 Å². The highest BCUT2D eigenvalue weighted by Crippen LogP contribution is 2.16. The maximum atomic E-state index is 13.5. The van der Waals surface area contributed by atoms with Crippen molar-refractivity contribution in [3.8, 4) is 11.8 Å². The van der Waals surface area contributed by atoms with Crippen molar-refractivity contribution in [2.75, 3.05) is 6.54 Å². The first-order valence-corrected chi connectivity index (χ1v) is 5.53. The molecule has 1 aromatic rings. The molecule has 0 amide bonds. The summed E-state index contributed by atoms with van der Waals surface area (Å²) in [6.45, 7) is 4.70. The van der Waals surface area contributed by atoms with Crippen LogP contribution in [0.15, 0.2) is 18.3 Å². The number of hydrogen-bond acceptors (Lipinski definition) is 2. The van der Waals surface area contributed by atoms with Crippen molar-refractivity contribution in [1.29, 1.82) is 0 Å². The van der Waals surface area contributed by atoms with Crippen molar-refractivity contribution in [2.24, 2.45) is 0 Å². The summed E-state index contributed by atoms with van der Waals surface area (Å²) < 4.78 is 13.5. The Morgan fingerprint density at radius 3 is 3.00 bits per heavy atom. The van der Waals surface area contributed by atoms with E-state index in [0.717, 1.165) is 13.0 Å². The first-order valence-electron chi connectivity index (χ1n) is 5.53. The van der Waals surface area contributed by atoms with Gasteiger partial charge < -0.3 is 5.32 Å². The number of aromatic nitrogens is 1. The van der Waals surface area contributed by atoms with E-state index in [2.05, 4.69) is 29.1 Å². The van der Waals surface area contributed by atoms with Crippen LogP contribution in [0.3, 0.4) is 0 Å². The van der Waals surface area contributed by atoms with Crippen LogP contribution >= 0.6 is 0 Å². The standard InChI is InChI=1S/C13H17FN2/c1-3-5-8-12(15-9-4-2)13-11(14)7-6-10-16-13/h6-7,10,12,15H,4,8-9H2,1-2H3. The summed E-state index contributed by atoms with van der Waals surface area (Å²) in [6.07, 6.45) is 3.20. The van der Waals surface area contributed by atoms with Crippen molar-refractivity contribution in [1.82, 2.24) is 10.3 Å². The Kier molecular flexibility index (Phi) is 5.52. The van der Waals surface area contributed by atoms with E-state index in [4.69, 9.17) is 0 Å². The Hall–Kier alpha value is -1.40. The maximum Gasteiger partial charge on any atom is 0.146 e. The summed E-state index contributed by atoms with van der Waals surface area (Å²) in [7, 11) is 0. The molecule has 0 radical (unpaired) electrons.